The number of nitrogens with zero attached hydrogens (tertiary/aromatic N) is 4. The van der Waals surface area contributed by atoms with Gasteiger partial charge in [-0.25, -0.2) is 13.4 Å². The van der Waals surface area contributed by atoms with Gasteiger partial charge in [-0.3, -0.25) is 4.79 Å². The monoisotopic (exact) mass is 389 g/mol. The molecule has 0 spiro atoms. The minimum Gasteiger partial charge on any atom is -0.343 e. The van der Waals surface area contributed by atoms with E-state index in [1.54, 1.807) is 49.3 Å². The van der Waals surface area contributed by atoms with Crippen molar-refractivity contribution in [3.8, 4) is 0 Å². The van der Waals surface area contributed by atoms with Gasteiger partial charge in [-0.05, 0) is 32.0 Å². The molecule has 0 bridgehead atoms. The first-order valence-electron chi connectivity index (χ1n) is 8.73. The maximum atomic E-state index is 12.2. The van der Waals surface area contributed by atoms with Gasteiger partial charge in [0.15, 0.2) is 15.7 Å². The van der Waals surface area contributed by atoms with Crippen molar-refractivity contribution in [2.75, 3.05) is 34.5 Å². The van der Waals surface area contributed by atoms with Gasteiger partial charge in [0.1, 0.15) is 5.69 Å². The van der Waals surface area contributed by atoms with Crippen LogP contribution in [-0.2, 0) is 14.6 Å². The summed E-state index contributed by atoms with van der Waals surface area (Å²) in [6.45, 7) is 5.86. The van der Waals surface area contributed by atoms with Gasteiger partial charge in [-0.15, -0.1) is 0 Å². The molecular weight excluding hydrogens is 366 g/mol. The number of sulfone groups is 1. The largest absolute Gasteiger partial charge is 0.343 e. The smallest absolute Gasteiger partial charge is 0.246 e. The number of anilines is 4. The van der Waals surface area contributed by atoms with E-state index < -0.39 is 9.84 Å². The lowest BCUT2D eigenvalue weighted by Crippen LogP contribution is -2.47. The number of hydrogen-bond donors (Lipinski definition) is 1. The van der Waals surface area contributed by atoms with Crippen molar-refractivity contribution >= 4 is 38.9 Å². The SMILES string of the molecule is CCS(=O)(=O)c1cccc(Nc2ncc3c(n2)N(C(C)C)CC(=O)N3C)c1. The van der Waals surface area contributed by atoms with E-state index in [0.717, 1.165) is 0 Å². The summed E-state index contributed by atoms with van der Waals surface area (Å²) in [4.78, 5) is 24.7. The number of benzene rings is 1. The van der Waals surface area contributed by atoms with Gasteiger partial charge in [0.2, 0.25) is 11.9 Å². The van der Waals surface area contributed by atoms with Crippen molar-refractivity contribution in [3.05, 3.63) is 30.5 Å². The second kappa shape index (κ2) is 7.15. The molecule has 0 radical (unpaired) electrons. The zero-order chi connectivity index (χ0) is 19.8. The molecule has 144 valence electrons. The van der Waals surface area contributed by atoms with E-state index in [1.807, 2.05) is 18.7 Å². The third-order valence-electron chi connectivity index (χ3n) is 4.52. The van der Waals surface area contributed by atoms with Crippen LogP contribution in [0.15, 0.2) is 35.4 Å². The summed E-state index contributed by atoms with van der Waals surface area (Å²) in [6.07, 6.45) is 1.60. The van der Waals surface area contributed by atoms with E-state index in [4.69, 9.17) is 0 Å². The van der Waals surface area contributed by atoms with Crippen molar-refractivity contribution in [2.45, 2.75) is 31.7 Å². The van der Waals surface area contributed by atoms with Crippen LogP contribution in [0.4, 0.5) is 23.1 Å². The summed E-state index contributed by atoms with van der Waals surface area (Å²) < 4.78 is 24.2. The topological polar surface area (TPSA) is 95.5 Å². The second-order valence-electron chi connectivity index (χ2n) is 6.63. The van der Waals surface area contributed by atoms with Crippen LogP contribution in [0.25, 0.3) is 0 Å². The molecule has 0 unspecified atom stereocenters. The van der Waals surface area contributed by atoms with Crippen molar-refractivity contribution in [1.29, 1.82) is 0 Å². The molecule has 0 atom stereocenters. The van der Waals surface area contributed by atoms with Crippen LogP contribution < -0.4 is 15.1 Å². The lowest BCUT2D eigenvalue weighted by atomic mass is 10.2. The quantitative estimate of drug-likeness (QED) is 0.837. The summed E-state index contributed by atoms with van der Waals surface area (Å²) in [5.41, 5.74) is 1.23. The van der Waals surface area contributed by atoms with Crippen LogP contribution in [0.5, 0.6) is 0 Å². The summed E-state index contributed by atoms with van der Waals surface area (Å²) in [5.74, 6) is 1.03. The molecule has 1 aromatic carbocycles. The van der Waals surface area contributed by atoms with Gasteiger partial charge < -0.3 is 15.1 Å². The molecule has 0 saturated carbocycles. The Balaban J connectivity index is 1.95. The van der Waals surface area contributed by atoms with Crippen molar-refractivity contribution < 1.29 is 13.2 Å². The molecule has 2 aromatic rings. The Bertz CT molecular complexity index is 975. The molecule has 0 fully saturated rings. The van der Waals surface area contributed by atoms with Crippen molar-refractivity contribution in [2.24, 2.45) is 0 Å². The highest BCUT2D eigenvalue weighted by Crippen LogP contribution is 2.32. The number of carbonyl (C=O) groups is 1. The Hall–Kier alpha value is -2.68. The van der Waals surface area contributed by atoms with Gasteiger partial charge in [-0.1, -0.05) is 13.0 Å². The predicted molar refractivity (Wildman–Crippen MR) is 105 cm³/mol. The van der Waals surface area contributed by atoms with Gasteiger partial charge in [0.25, 0.3) is 0 Å². The van der Waals surface area contributed by atoms with Crippen LogP contribution in [-0.4, -0.2) is 49.7 Å². The zero-order valence-electron chi connectivity index (χ0n) is 15.8. The average molecular weight is 389 g/mol. The van der Waals surface area contributed by atoms with Gasteiger partial charge in [0.05, 0.1) is 23.4 Å². The summed E-state index contributed by atoms with van der Waals surface area (Å²) in [5, 5.41) is 3.06. The maximum absolute atomic E-state index is 12.2. The maximum Gasteiger partial charge on any atom is 0.246 e. The fourth-order valence-electron chi connectivity index (χ4n) is 2.83. The number of fused-ring (bicyclic) bond motifs is 1. The van der Waals surface area contributed by atoms with Crippen LogP contribution in [0.2, 0.25) is 0 Å². The van der Waals surface area contributed by atoms with E-state index in [9.17, 15) is 13.2 Å². The molecule has 27 heavy (non-hydrogen) atoms. The standard InChI is InChI=1S/C18H23N5O3S/c1-5-27(25,26)14-8-6-7-13(9-14)20-18-19-10-15-17(21-18)23(12(2)3)11-16(24)22(15)4/h6-10,12H,5,11H2,1-4H3,(H,19,20,21). The fraction of sp³-hybridized carbons (Fsp3) is 0.389. The summed E-state index contributed by atoms with van der Waals surface area (Å²) in [6, 6.07) is 6.67. The first-order chi connectivity index (χ1) is 12.7. The molecule has 1 aliphatic heterocycles. The number of hydrogen-bond acceptors (Lipinski definition) is 7. The van der Waals surface area contributed by atoms with E-state index in [2.05, 4.69) is 15.3 Å². The predicted octanol–water partition coefficient (Wildman–Crippen LogP) is 2.21. The Kier molecular flexibility index (Phi) is 5.05. The van der Waals surface area contributed by atoms with Crippen molar-refractivity contribution in [1.82, 2.24) is 9.97 Å². The first-order valence-corrected chi connectivity index (χ1v) is 10.4. The third-order valence-corrected chi connectivity index (χ3v) is 6.25. The third kappa shape index (κ3) is 3.73. The Morgan fingerprint density at radius 2 is 2.04 bits per heavy atom. The summed E-state index contributed by atoms with van der Waals surface area (Å²) in [7, 11) is -1.59. The lowest BCUT2D eigenvalue weighted by Gasteiger charge is -2.36. The highest BCUT2D eigenvalue weighted by molar-refractivity contribution is 7.91. The molecule has 1 aliphatic rings. The van der Waals surface area contributed by atoms with Crippen molar-refractivity contribution in [3.63, 3.8) is 0 Å². The Morgan fingerprint density at radius 3 is 2.70 bits per heavy atom. The van der Waals surface area contributed by atoms with E-state index in [1.165, 1.54) is 0 Å². The first kappa shape index (κ1) is 19.1. The Morgan fingerprint density at radius 1 is 1.30 bits per heavy atom. The molecule has 2 heterocycles. The van der Waals surface area contributed by atoms with Crippen LogP contribution in [0.3, 0.4) is 0 Å². The molecule has 1 N–H and O–H groups in total. The minimum absolute atomic E-state index is 0.0158. The minimum atomic E-state index is -3.29. The average Bonchev–Trinajstić information content (AvgIpc) is 2.64. The molecule has 8 nitrogen and oxygen atoms in total. The highest BCUT2D eigenvalue weighted by atomic mass is 32.2. The van der Waals surface area contributed by atoms with E-state index in [-0.39, 0.29) is 29.1 Å². The van der Waals surface area contributed by atoms with Crippen LogP contribution in [0, 0.1) is 0 Å². The van der Waals surface area contributed by atoms with Crippen LogP contribution in [0.1, 0.15) is 20.8 Å². The number of aromatic nitrogens is 2. The number of amides is 1. The van der Waals surface area contributed by atoms with Gasteiger partial charge in [0, 0.05) is 18.8 Å². The van der Waals surface area contributed by atoms with Gasteiger partial charge in [-0.2, -0.15) is 4.98 Å². The second-order valence-corrected chi connectivity index (χ2v) is 8.91. The lowest BCUT2D eigenvalue weighted by molar-refractivity contribution is -0.117. The van der Waals surface area contributed by atoms with Gasteiger partial charge >= 0.3 is 0 Å². The van der Waals surface area contributed by atoms with E-state index >= 15 is 0 Å². The molecule has 0 saturated heterocycles. The molecule has 1 aromatic heterocycles. The number of nitrogens with one attached hydrogen (secondary N) is 1. The highest BCUT2D eigenvalue weighted by Gasteiger charge is 2.30. The summed E-state index contributed by atoms with van der Waals surface area (Å²) >= 11 is 0. The number of likely N-dealkylation sites (N-methyl/N-ethyl adjacent to an activating group) is 1. The molecule has 3 rings (SSSR count). The Labute approximate surface area is 159 Å². The zero-order valence-corrected chi connectivity index (χ0v) is 16.6. The fourth-order valence-corrected chi connectivity index (χ4v) is 3.75. The molecule has 1 amide bonds. The number of rotatable bonds is 5. The number of carbonyl (C=O) groups excluding carboxylic acids is 1. The molecular formula is C18H23N5O3S. The normalized spacial score (nSPS) is 14.5. The van der Waals surface area contributed by atoms with Crippen LogP contribution >= 0.6 is 0 Å². The van der Waals surface area contributed by atoms with E-state index in [0.29, 0.717) is 23.1 Å². The molecule has 9 heteroatoms. The molecule has 0 aliphatic carbocycles.